The van der Waals surface area contributed by atoms with Crippen molar-refractivity contribution < 1.29 is 0 Å². The molecule has 0 aliphatic rings. The molecule has 1 aromatic rings. The van der Waals surface area contributed by atoms with Gasteiger partial charge in [-0.1, -0.05) is 39.0 Å². The highest BCUT2D eigenvalue weighted by Gasteiger charge is 2.16. The van der Waals surface area contributed by atoms with Gasteiger partial charge in [0.15, 0.2) is 0 Å². The molecule has 0 saturated heterocycles. The molecule has 1 rings (SSSR count). The van der Waals surface area contributed by atoms with E-state index in [0.717, 1.165) is 4.90 Å². The topological polar surface area (TPSA) is 0 Å². The fourth-order valence-electron chi connectivity index (χ4n) is 1.15. The molecule has 2 heteroatoms. The van der Waals surface area contributed by atoms with Crippen molar-refractivity contribution in [3.63, 3.8) is 0 Å². The second-order valence-electron chi connectivity index (χ2n) is 3.82. The molecule has 0 amide bonds. The molecule has 0 atom stereocenters. The lowest BCUT2D eigenvalue weighted by Gasteiger charge is -2.21. The summed E-state index contributed by atoms with van der Waals surface area (Å²) in [6, 6.07) is 8.25. The minimum atomic E-state index is 0.179. The van der Waals surface area contributed by atoms with Gasteiger partial charge in [0.1, 0.15) is 0 Å². The van der Waals surface area contributed by atoms with Gasteiger partial charge in [-0.15, -0.1) is 0 Å². The van der Waals surface area contributed by atoms with Gasteiger partial charge in [0.05, 0.1) is 0 Å². The van der Waals surface area contributed by atoms with Gasteiger partial charge in [0.25, 0.3) is 0 Å². The van der Waals surface area contributed by atoms with Gasteiger partial charge >= 0.3 is 0 Å². The number of hydrogen-bond acceptors (Lipinski definition) is 1. The van der Waals surface area contributed by atoms with Crippen LogP contribution in [0.3, 0.4) is 0 Å². The molecule has 0 radical (unpaired) electrons. The highest BCUT2D eigenvalue weighted by Crippen LogP contribution is 2.33. The van der Waals surface area contributed by atoms with Gasteiger partial charge in [-0.25, -0.2) is 0 Å². The van der Waals surface area contributed by atoms with Crippen LogP contribution in [-0.4, -0.2) is 0 Å². The van der Waals surface area contributed by atoms with E-state index in [9.17, 15) is 0 Å². The SMILES string of the molecule is CC(C)(C)c1ccccc1SCl. The second-order valence-corrected chi connectivity index (χ2v) is 4.88. The molecule has 12 heavy (non-hydrogen) atoms. The van der Waals surface area contributed by atoms with Crippen LogP contribution in [0.5, 0.6) is 0 Å². The van der Waals surface area contributed by atoms with E-state index in [0.29, 0.717) is 0 Å². The van der Waals surface area contributed by atoms with E-state index in [1.807, 2.05) is 6.07 Å². The Morgan fingerprint density at radius 3 is 2.17 bits per heavy atom. The lowest BCUT2D eigenvalue weighted by Crippen LogP contribution is -2.11. The average Bonchev–Trinajstić information content (AvgIpc) is 2.03. The molecule has 0 spiro atoms. The number of hydrogen-bond donors (Lipinski definition) is 0. The molecular weight excluding hydrogens is 188 g/mol. The largest absolute Gasteiger partial charge is 0.0619 e. The quantitative estimate of drug-likeness (QED) is 0.654. The summed E-state index contributed by atoms with van der Waals surface area (Å²) < 4.78 is 0. The molecule has 0 aliphatic carbocycles. The molecular formula is C10H13ClS. The predicted octanol–water partition coefficient (Wildman–Crippen LogP) is 4.23. The zero-order valence-electron chi connectivity index (χ0n) is 7.60. The van der Waals surface area contributed by atoms with Gasteiger partial charge in [-0.3, -0.25) is 0 Å². The van der Waals surface area contributed by atoms with Crippen LogP contribution in [0.4, 0.5) is 0 Å². The van der Waals surface area contributed by atoms with Crippen LogP contribution in [0.1, 0.15) is 26.3 Å². The maximum absolute atomic E-state index is 5.75. The highest BCUT2D eigenvalue weighted by molar-refractivity contribution is 8.21. The minimum absolute atomic E-state index is 0.179. The third kappa shape index (κ3) is 2.18. The zero-order chi connectivity index (χ0) is 9.19. The fourth-order valence-corrected chi connectivity index (χ4v) is 2.14. The normalized spacial score (nSPS) is 11.7. The maximum Gasteiger partial charge on any atom is 0.0270 e. The molecule has 0 unspecified atom stereocenters. The Hall–Kier alpha value is -0.140. The lowest BCUT2D eigenvalue weighted by atomic mass is 9.87. The molecule has 0 saturated carbocycles. The summed E-state index contributed by atoms with van der Waals surface area (Å²) in [5.41, 5.74) is 1.49. The van der Waals surface area contributed by atoms with E-state index >= 15 is 0 Å². The van der Waals surface area contributed by atoms with Crippen LogP contribution in [0.25, 0.3) is 0 Å². The van der Waals surface area contributed by atoms with Crippen LogP contribution in [0, 0.1) is 0 Å². The molecule has 0 N–H and O–H groups in total. The van der Waals surface area contributed by atoms with Crippen molar-refractivity contribution in [2.24, 2.45) is 0 Å². The molecule has 0 aromatic heterocycles. The Morgan fingerprint density at radius 1 is 1.17 bits per heavy atom. The first-order valence-electron chi connectivity index (χ1n) is 3.94. The Morgan fingerprint density at radius 2 is 1.75 bits per heavy atom. The smallest absolute Gasteiger partial charge is 0.0270 e. The van der Waals surface area contributed by atoms with Crippen LogP contribution < -0.4 is 0 Å². The van der Waals surface area contributed by atoms with Crippen molar-refractivity contribution in [3.05, 3.63) is 29.8 Å². The van der Waals surface area contributed by atoms with Crippen LogP contribution in [0.15, 0.2) is 29.2 Å². The summed E-state index contributed by atoms with van der Waals surface area (Å²) >= 11 is 0. The van der Waals surface area contributed by atoms with E-state index in [4.69, 9.17) is 10.7 Å². The molecule has 0 fully saturated rings. The molecule has 0 aliphatic heterocycles. The van der Waals surface area contributed by atoms with E-state index in [1.54, 1.807) is 0 Å². The Balaban J connectivity index is 3.14. The molecule has 0 heterocycles. The number of halogens is 1. The van der Waals surface area contributed by atoms with E-state index in [1.165, 1.54) is 16.5 Å². The summed E-state index contributed by atoms with van der Waals surface area (Å²) in [7, 11) is 7.05. The monoisotopic (exact) mass is 200 g/mol. The standard InChI is InChI=1S/C10H13ClS/c1-10(2,3)8-6-4-5-7-9(8)12-11/h4-7H,1-3H3. The van der Waals surface area contributed by atoms with Gasteiger partial charge in [0.2, 0.25) is 0 Å². The van der Waals surface area contributed by atoms with Crippen molar-refractivity contribution >= 4 is 21.7 Å². The third-order valence-electron chi connectivity index (χ3n) is 1.78. The lowest BCUT2D eigenvalue weighted by molar-refractivity contribution is 0.578. The van der Waals surface area contributed by atoms with Crippen molar-refractivity contribution in [1.29, 1.82) is 0 Å². The average molecular weight is 201 g/mol. The zero-order valence-corrected chi connectivity index (χ0v) is 9.17. The van der Waals surface area contributed by atoms with Crippen LogP contribution >= 0.6 is 21.7 Å². The number of rotatable bonds is 1. The number of benzene rings is 1. The summed E-state index contributed by atoms with van der Waals surface area (Å²) in [6.45, 7) is 6.58. The van der Waals surface area contributed by atoms with Crippen molar-refractivity contribution in [2.75, 3.05) is 0 Å². The fraction of sp³-hybridized carbons (Fsp3) is 0.400. The van der Waals surface area contributed by atoms with Gasteiger partial charge in [-0.2, -0.15) is 0 Å². The summed E-state index contributed by atoms with van der Waals surface area (Å²) in [4.78, 5) is 1.16. The van der Waals surface area contributed by atoms with Gasteiger partial charge in [-0.05, 0) is 38.7 Å². The third-order valence-corrected chi connectivity index (χ3v) is 2.80. The highest BCUT2D eigenvalue weighted by atomic mass is 35.7. The minimum Gasteiger partial charge on any atom is -0.0619 e. The van der Waals surface area contributed by atoms with Crippen molar-refractivity contribution in [3.8, 4) is 0 Å². The first-order chi connectivity index (χ1) is 5.55. The molecule has 1 aromatic carbocycles. The van der Waals surface area contributed by atoms with Crippen molar-refractivity contribution in [1.82, 2.24) is 0 Å². The molecule has 0 bridgehead atoms. The first-order valence-corrected chi connectivity index (χ1v) is 5.58. The predicted molar refractivity (Wildman–Crippen MR) is 56.9 cm³/mol. The Labute approximate surface area is 82.8 Å². The van der Waals surface area contributed by atoms with E-state index in [-0.39, 0.29) is 5.41 Å². The molecule has 0 nitrogen and oxygen atoms in total. The summed E-state index contributed by atoms with van der Waals surface area (Å²) in [6.07, 6.45) is 0. The van der Waals surface area contributed by atoms with Gasteiger partial charge < -0.3 is 0 Å². The Bertz CT molecular complexity index is 263. The summed E-state index contributed by atoms with van der Waals surface area (Å²) in [5, 5.41) is 0. The Kier molecular flexibility index (Phi) is 3.08. The molecule has 66 valence electrons. The van der Waals surface area contributed by atoms with Gasteiger partial charge in [0, 0.05) is 4.90 Å². The second kappa shape index (κ2) is 3.71. The van der Waals surface area contributed by atoms with Crippen LogP contribution in [-0.2, 0) is 5.41 Å². The van der Waals surface area contributed by atoms with E-state index in [2.05, 4.69) is 39.0 Å². The van der Waals surface area contributed by atoms with E-state index < -0.39 is 0 Å². The summed E-state index contributed by atoms with van der Waals surface area (Å²) in [5.74, 6) is 0. The van der Waals surface area contributed by atoms with Crippen molar-refractivity contribution in [2.45, 2.75) is 31.1 Å². The maximum atomic E-state index is 5.75. The van der Waals surface area contributed by atoms with Crippen LogP contribution in [0.2, 0.25) is 0 Å². The first kappa shape index (κ1) is 9.94.